The maximum atomic E-state index is 13.2. The molecule has 1 aliphatic heterocycles. The zero-order chi connectivity index (χ0) is 14.2. The van der Waals surface area contributed by atoms with Crippen LogP contribution in [0.3, 0.4) is 0 Å². The van der Waals surface area contributed by atoms with Crippen molar-refractivity contribution in [2.24, 2.45) is 0 Å². The Morgan fingerprint density at radius 2 is 1.70 bits per heavy atom. The molecule has 2 fully saturated rings. The molecule has 1 saturated carbocycles. The Morgan fingerprint density at radius 3 is 2.30 bits per heavy atom. The fraction of sp³-hybridized carbons (Fsp3) is 0.611. The van der Waals surface area contributed by atoms with Gasteiger partial charge in [0.2, 0.25) is 0 Å². The number of likely N-dealkylation sites (tertiary alicyclic amines) is 1. The fourth-order valence-electron chi connectivity index (χ4n) is 4.11. The van der Waals surface area contributed by atoms with Crippen LogP contribution in [0.25, 0.3) is 0 Å². The maximum Gasteiger partial charge on any atom is 0.183 e. The number of benzene rings is 1. The van der Waals surface area contributed by atoms with E-state index in [-0.39, 0.29) is 5.54 Å². The summed E-state index contributed by atoms with van der Waals surface area (Å²) in [7, 11) is 0. The van der Waals surface area contributed by atoms with E-state index in [0.717, 1.165) is 37.1 Å². The van der Waals surface area contributed by atoms with Gasteiger partial charge in [0.25, 0.3) is 0 Å². The lowest BCUT2D eigenvalue weighted by Gasteiger charge is -2.37. The van der Waals surface area contributed by atoms with Crippen LogP contribution >= 0.6 is 0 Å². The number of hydrogen-bond acceptors (Lipinski definition) is 2. The second-order valence-electron chi connectivity index (χ2n) is 6.58. The molecular formula is C18H25NO. The van der Waals surface area contributed by atoms with E-state index in [0.29, 0.717) is 5.78 Å². The molecule has 1 aliphatic carbocycles. The largest absolute Gasteiger partial charge is 0.292 e. The summed E-state index contributed by atoms with van der Waals surface area (Å²) in [4.78, 5) is 15.7. The molecular weight excluding hydrogens is 246 g/mol. The summed E-state index contributed by atoms with van der Waals surface area (Å²) in [6.07, 6.45) is 7.02. The average Bonchev–Trinajstić information content (AvgIpc) is 3.10. The van der Waals surface area contributed by atoms with Crippen LogP contribution in [0, 0.1) is 13.8 Å². The van der Waals surface area contributed by atoms with Gasteiger partial charge in [0.15, 0.2) is 5.78 Å². The average molecular weight is 271 g/mol. The zero-order valence-electron chi connectivity index (χ0n) is 12.7. The van der Waals surface area contributed by atoms with Gasteiger partial charge in [-0.3, -0.25) is 9.69 Å². The van der Waals surface area contributed by atoms with Crippen LogP contribution in [0.4, 0.5) is 0 Å². The number of Topliss-reactive ketones (excluding diaryl/α,β-unsaturated/α-hetero) is 1. The van der Waals surface area contributed by atoms with Gasteiger partial charge in [-0.1, -0.05) is 36.6 Å². The molecule has 1 aromatic carbocycles. The van der Waals surface area contributed by atoms with E-state index in [1.807, 2.05) is 6.07 Å². The van der Waals surface area contributed by atoms with E-state index >= 15 is 0 Å². The molecule has 3 rings (SSSR count). The maximum absolute atomic E-state index is 13.2. The summed E-state index contributed by atoms with van der Waals surface area (Å²) in [6, 6.07) is 6.26. The van der Waals surface area contributed by atoms with Crippen molar-refractivity contribution in [2.45, 2.75) is 57.9 Å². The van der Waals surface area contributed by atoms with Crippen molar-refractivity contribution in [3.05, 3.63) is 34.9 Å². The van der Waals surface area contributed by atoms with Crippen LogP contribution in [0.2, 0.25) is 0 Å². The highest BCUT2D eigenvalue weighted by Crippen LogP contribution is 2.40. The quantitative estimate of drug-likeness (QED) is 0.777. The third-order valence-corrected chi connectivity index (χ3v) is 5.19. The highest BCUT2D eigenvalue weighted by Gasteiger charge is 2.47. The van der Waals surface area contributed by atoms with E-state index in [1.54, 1.807) is 0 Å². The summed E-state index contributed by atoms with van der Waals surface area (Å²) >= 11 is 0. The van der Waals surface area contributed by atoms with Crippen molar-refractivity contribution in [1.82, 2.24) is 4.90 Å². The minimum atomic E-state index is -0.184. The fourth-order valence-corrected chi connectivity index (χ4v) is 4.11. The van der Waals surface area contributed by atoms with E-state index in [9.17, 15) is 4.79 Å². The second-order valence-corrected chi connectivity index (χ2v) is 6.58. The third-order valence-electron chi connectivity index (χ3n) is 5.19. The van der Waals surface area contributed by atoms with E-state index in [1.165, 1.54) is 31.2 Å². The molecule has 0 N–H and O–H groups in total. The molecule has 0 spiro atoms. The Bertz CT molecular complexity index is 508. The number of hydrogen-bond donors (Lipinski definition) is 0. The summed E-state index contributed by atoms with van der Waals surface area (Å²) in [5.74, 6) is 0.384. The first-order valence-electron chi connectivity index (χ1n) is 8.01. The van der Waals surface area contributed by atoms with Crippen LogP contribution in [0.15, 0.2) is 18.2 Å². The lowest BCUT2D eigenvalue weighted by molar-refractivity contribution is 0.0626. The van der Waals surface area contributed by atoms with Crippen LogP contribution in [0.1, 0.15) is 60.0 Å². The molecule has 0 unspecified atom stereocenters. The standard InChI is InChI=1S/C18H25NO/c1-14-7-8-16(15(2)13-14)17(20)18(9-3-4-10-18)19-11-5-6-12-19/h7-8,13H,3-6,9-12H2,1-2H3. The van der Waals surface area contributed by atoms with E-state index in [4.69, 9.17) is 0 Å². The number of carbonyl (C=O) groups excluding carboxylic acids is 1. The number of carbonyl (C=O) groups is 1. The normalized spacial score (nSPS) is 22.3. The van der Waals surface area contributed by atoms with Gasteiger partial charge in [0, 0.05) is 5.56 Å². The Kier molecular flexibility index (Phi) is 3.68. The van der Waals surface area contributed by atoms with Crippen LogP contribution in [-0.4, -0.2) is 29.3 Å². The van der Waals surface area contributed by atoms with E-state index in [2.05, 4.69) is 30.9 Å². The first kappa shape index (κ1) is 13.8. The first-order chi connectivity index (χ1) is 9.63. The molecule has 0 atom stereocenters. The third kappa shape index (κ3) is 2.20. The minimum absolute atomic E-state index is 0.184. The molecule has 108 valence electrons. The van der Waals surface area contributed by atoms with Crippen molar-refractivity contribution in [1.29, 1.82) is 0 Å². The number of nitrogens with zero attached hydrogens (tertiary/aromatic N) is 1. The van der Waals surface area contributed by atoms with Gasteiger partial charge < -0.3 is 0 Å². The molecule has 2 heteroatoms. The van der Waals surface area contributed by atoms with Gasteiger partial charge in [-0.2, -0.15) is 0 Å². The Hall–Kier alpha value is -1.15. The van der Waals surface area contributed by atoms with Crippen molar-refractivity contribution in [3.63, 3.8) is 0 Å². The van der Waals surface area contributed by atoms with Gasteiger partial charge in [-0.15, -0.1) is 0 Å². The van der Waals surface area contributed by atoms with Crippen LogP contribution in [0.5, 0.6) is 0 Å². The van der Waals surface area contributed by atoms with Crippen molar-refractivity contribution in [2.75, 3.05) is 13.1 Å². The Balaban J connectivity index is 1.96. The van der Waals surface area contributed by atoms with Crippen LogP contribution < -0.4 is 0 Å². The smallest absolute Gasteiger partial charge is 0.183 e. The van der Waals surface area contributed by atoms with Crippen molar-refractivity contribution in [3.8, 4) is 0 Å². The minimum Gasteiger partial charge on any atom is -0.292 e. The molecule has 2 nitrogen and oxygen atoms in total. The van der Waals surface area contributed by atoms with Crippen molar-refractivity contribution < 1.29 is 4.79 Å². The summed E-state index contributed by atoms with van der Waals surface area (Å²) in [6.45, 7) is 6.38. The summed E-state index contributed by atoms with van der Waals surface area (Å²) in [5, 5.41) is 0. The monoisotopic (exact) mass is 271 g/mol. The lowest BCUT2D eigenvalue weighted by atomic mass is 9.84. The molecule has 0 radical (unpaired) electrons. The van der Waals surface area contributed by atoms with Gasteiger partial charge >= 0.3 is 0 Å². The molecule has 20 heavy (non-hydrogen) atoms. The molecule has 2 aliphatic rings. The van der Waals surface area contributed by atoms with Gasteiger partial charge in [0.1, 0.15) is 0 Å². The summed E-state index contributed by atoms with van der Waals surface area (Å²) in [5.41, 5.74) is 3.14. The number of rotatable bonds is 3. The SMILES string of the molecule is Cc1ccc(C(=O)C2(N3CCCC3)CCCC2)c(C)c1. The Labute approximate surface area is 122 Å². The molecule has 0 bridgehead atoms. The molecule has 0 amide bonds. The summed E-state index contributed by atoms with van der Waals surface area (Å²) < 4.78 is 0. The van der Waals surface area contributed by atoms with Gasteiger partial charge in [-0.05, 0) is 58.2 Å². The molecule has 1 saturated heterocycles. The molecule has 1 aromatic rings. The zero-order valence-corrected chi connectivity index (χ0v) is 12.7. The lowest BCUT2D eigenvalue weighted by Crippen LogP contribution is -2.51. The van der Waals surface area contributed by atoms with Crippen molar-refractivity contribution >= 4 is 5.78 Å². The molecule has 1 heterocycles. The molecule has 0 aromatic heterocycles. The highest BCUT2D eigenvalue weighted by molar-refractivity contribution is 6.04. The number of aryl methyl sites for hydroxylation is 2. The number of ketones is 1. The predicted molar refractivity (Wildman–Crippen MR) is 82.3 cm³/mol. The van der Waals surface area contributed by atoms with Gasteiger partial charge in [-0.25, -0.2) is 0 Å². The second kappa shape index (κ2) is 5.33. The van der Waals surface area contributed by atoms with Gasteiger partial charge in [0.05, 0.1) is 5.54 Å². The highest BCUT2D eigenvalue weighted by atomic mass is 16.1. The van der Waals surface area contributed by atoms with Crippen LogP contribution in [-0.2, 0) is 0 Å². The topological polar surface area (TPSA) is 20.3 Å². The first-order valence-corrected chi connectivity index (χ1v) is 8.01. The predicted octanol–water partition coefficient (Wildman–Crippen LogP) is 3.89. The van der Waals surface area contributed by atoms with E-state index < -0.39 is 0 Å². The Morgan fingerprint density at radius 1 is 1.05 bits per heavy atom.